The standard InChI is InChI=1S/C20H23N5O/c26-19(9-12-24-13-10-21-15-24)25-11-5-4-8-18(25)20-22-14-17(23-20)16-6-2-1-3-7-16/h1-3,6-7,10,13-15,18H,4-5,8-9,11-12H2,(H,22,23)/t18-/m0/s1. The van der Waals surface area contributed by atoms with Crippen LogP contribution in [0, 0.1) is 0 Å². The first-order chi connectivity index (χ1) is 12.8. The number of aryl methyl sites for hydroxylation is 1. The zero-order valence-corrected chi connectivity index (χ0v) is 14.7. The number of aromatic amines is 1. The Balaban J connectivity index is 1.48. The lowest BCUT2D eigenvalue weighted by Gasteiger charge is -2.34. The zero-order valence-electron chi connectivity index (χ0n) is 14.7. The maximum atomic E-state index is 12.8. The Morgan fingerprint density at radius 2 is 2.12 bits per heavy atom. The van der Waals surface area contributed by atoms with E-state index in [2.05, 4.69) is 27.1 Å². The van der Waals surface area contributed by atoms with Gasteiger partial charge in [-0.05, 0) is 24.8 Å². The number of carbonyl (C=O) groups excluding carboxylic acids is 1. The van der Waals surface area contributed by atoms with Crippen molar-refractivity contribution in [3.8, 4) is 11.3 Å². The highest BCUT2D eigenvalue weighted by atomic mass is 16.2. The molecule has 1 aliphatic heterocycles. The molecule has 26 heavy (non-hydrogen) atoms. The Morgan fingerprint density at radius 3 is 2.92 bits per heavy atom. The molecule has 6 heteroatoms. The Labute approximate surface area is 152 Å². The van der Waals surface area contributed by atoms with Crippen LogP contribution in [0.25, 0.3) is 11.3 Å². The van der Waals surface area contributed by atoms with E-state index in [9.17, 15) is 4.79 Å². The number of piperidine rings is 1. The lowest BCUT2D eigenvalue weighted by atomic mass is 10.0. The minimum atomic E-state index is 0.0384. The summed E-state index contributed by atoms with van der Waals surface area (Å²) >= 11 is 0. The molecule has 0 unspecified atom stereocenters. The molecule has 3 heterocycles. The molecule has 3 aromatic rings. The fraction of sp³-hybridized carbons (Fsp3) is 0.350. The van der Waals surface area contributed by atoms with E-state index in [0.717, 1.165) is 42.9 Å². The van der Waals surface area contributed by atoms with Crippen molar-refractivity contribution in [1.82, 2.24) is 24.4 Å². The molecule has 0 radical (unpaired) electrons. The third kappa shape index (κ3) is 3.54. The number of rotatable bonds is 5. The summed E-state index contributed by atoms with van der Waals surface area (Å²) in [6.07, 6.45) is 10.9. The molecule has 1 fully saturated rings. The number of hydrogen-bond donors (Lipinski definition) is 1. The van der Waals surface area contributed by atoms with Crippen LogP contribution in [0.15, 0.2) is 55.2 Å². The van der Waals surface area contributed by atoms with Crippen molar-refractivity contribution < 1.29 is 4.79 Å². The van der Waals surface area contributed by atoms with E-state index < -0.39 is 0 Å². The van der Waals surface area contributed by atoms with Crippen molar-refractivity contribution in [2.45, 2.75) is 38.3 Å². The third-order valence-electron chi connectivity index (χ3n) is 4.96. The first-order valence-electron chi connectivity index (χ1n) is 9.17. The average molecular weight is 349 g/mol. The molecule has 0 aliphatic carbocycles. The molecule has 134 valence electrons. The highest BCUT2D eigenvalue weighted by Crippen LogP contribution is 2.31. The second-order valence-electron chi connectivity index (χ2n) is 6.70. The molecule has 1 aliphatic rings. The number of nitrogens with zero attached hydrogens (tertiary/aromatic N) is 4. The van der Waals surface area contributed by atoms with E-state index in [4.69, 9.17) is 0 Å². The van der Waals surface area contributed by atoms with Gasteiger partial charge in [0.25, 0.3) is 0 Å². The molecule has 0 bridgehead atoms. The van der Waals surface area contributed by atoms with Crippen molar-refractivity contribution in [3.05, 3.63) is 61.1 Å². The van der Waals surface area contributed by atoms with E-state index in [1.54, 1.807) is 12.5 Å². The molecule has 2 aromatic heterocycles. The van der Waals surface area contributed by atoms with Crippen LogP contribution in [0.5, 0.6) is 0 Å². The number of amides is 1. The van der Waals surface area contributed by atoms with Crippen molar-refractivity contribution in [3.63, 3.8) is 0 Å². The van der Waals surface area contributed by atoms with Crippen LogP contribution in [0.2, 0.25) is 0 Å². The van der Waals surface area contributed by atoms with Gasteiger partial charge in [-0.2, -0.15) is 0 Å². The molecule has 0 saturated carbocycles. The van der Waals surface area contributed by atoms with E-state index in [0.29, 0.717) is 13.0 Å². The summed E-state index contributed by atoms with van der Waals surface area (Å²) in [5, 5.41) is 0. The molecule has 4 rings (SSSR count). The molecule has 1 atom stereocenters. The van der Waals surface area contributed by atoms with Gasteiger partial charge in [0.1, 0.15) is 5.82 Å². The van der Waals surface area contributed by atoms with Gasteiger partial charge in [0.2, 0.25) is 5.91 Å². The zero-order chi connectivity index (χ0) is 17.8. The van der Waals surface area contributed by atoms with Crippen LogP contribution in [-0.4, -0.2) is 36.9 Å². The number of carbonyl (C=O) groups is 1. The van der Waals surface area contributed by atoms with Gasteiger partial charge in [0.05, 0.1) is 24.3 Å². The summed E-state index contributed by atoms with van der Waals surface area (Å²) in [6, 6.07) is 10.2. The number of hydrogen-bond acceptors (Lipinski definition) is 3. The third-order valence-corrected chi connectivity index (χ3v) is 4.96. The summed E-state index contributed by atoms with van der Waals surface area (Å²) < 4.78 is 1.94. The monoisotopic (exact) mass is 349 g/mol. The van der Waals surface area contributed by atoms with E-state index >= 15 is 0 Å². The van der Waals surface area contributed by atoms with Gasteiger partial charge in [0, 0.05) is 31.9 Å². The second kappa shape index (κ2) is 7.56. The first-order valence-corrected chi connectivity index (χ1v) is 9.17. The summed E-state index contributed by atoms with van der Waals surface area (Å²) in [4.78, 5) is 26.9. The van der Waals surface area contributed by atoms with Crippen LogP contribution in [0.3, 0.4) is 0 Å². The lowest BCUT2D eigenvalue weighted by molar-refractivity contribution is -0.135. The second-order valence-corrected chi connectivity index (χ2v) is 6.70. The van der Waals surface area contributed by atoms with Crippen LogP contribution in [0.1, 0.15) is 37.5 Å². The van der Waals surface area contributed by atoms with Crippen LogP contribution in [-0.2, 0) is 11.3 Å². The average Bonchev–Trinajstić information content (AvgIpc) is 3.39. The summed E-state index contributed by atoms with van der Waals surface area (Å²) in [6.45, 7) is 1.46. The molecule has 0 spiro atoms. The smallest absolute Gasteiger partial charge is 0.224 e. The highest BCUT2D eigenvalue weighted by molar-refractivity contribution is 5.76. The molecular weight excluding hydrogens is 326 g/mol. The molecule has 1 saturated heterocycles. The Morgan fingerprint density at radius 1 is 1.23 bits per heavy atom. The largest absolute Gasteiger partial charge is 0.340 e. The maximum Gasteiger partial charge on any atom is 0.224 e. The van der Waals surface area contributed by atoms with Crippen molar-refractivity contribution in [2.24, 2.45) is 0 Å². The van der Waals surface area contributed by atoms with Gasteiger partial charge in [-0.1, -0.05) is 30.3 Å². The van der Waals surface area contributed by atoms with Crippen molar-refractivity contribution >= 4 is 5.91 Å². The highest BCUT2D eigenvalue weighted by Gasteiger charge is 2.29. The SMILES string of the molecule is O=C(CCn1ccnc1)N1CCCC[C@H]1c1ncc(-c2ccccc2)[nH]1. The van der Waals surface area contributed by atoms with Gasteiger partial charge in [-0.15, -0.1) is 0 Å². The van der Waals surface area contributed by atoms with Crippen molar-refractivity contribution in [2.75, 3.05) is 6.54 Å². The fourth-order valence-corrected chi connectivity index (χ4v) is 3.57. The minimum absolute atomic E-state index is 0.0384. The maximum absolute atomic E-state index is 12.8. The number of aromatic nitrogens is 4. The minimum Gasteiger partial charge on any atom is -0.340 e. The Hall–Kier alpha value is -2.89. The van der Waals surface area contributed by atoms with E-state index in [-0.39, 0.29) is 11.9 Å². The topological polar surface area (TPSA) is 66.8 Å². The van der Waals surface area contributed by atoms with Crippen LogP contribution >= 0.6 is 0 Å². The number of H-pyrrole nitrogens is 1. The van der Waals surface area contributed by atoms with E-state index in [1.165, 1.54) is 0 Å². The van der Waals surface area contributed by atoms with Gasteiger partial charge in [-0.3, -0.25) is 4.79 Å². The van der Waals surface area contributed by atoms with Crippen LogP contribution < -0.4 is 0 Å². The van der Waals surface area contributed by atoms with Gasteiger partial charge >= 0.3 is 0 Å². The molecule has 1 aromatic carbocycles. The number of likely N-dealkylation sites (tertiary alicyclic amines) is 1. The number of benzene rings is 1. The number of nitrogens with one attached hydrogen (secondary N) is 1. The fourth-order valence-electron chi connectivity index (χ4n) is 3.57. The lowest BCUT2D eigenvalue weighted by Crippen LogP contribution is -2.39. The summed E-state index contributed by atoms with van der Waals surface area (Å²) in [5.41, 5.74) is 2.11. The number of imidazole rings is 2. The predicted molar refractivity (Wildman–Crippen MR) is 99.2 cm³/mol. The molecule has 1 amide bonds. The molecular formula is C20H23N5O. The molecule has 1 N–H and O–H groups in total. The Bertz CT molecular complexity index is 840. The quantitative estimate of drug-likeness (QED) is 0.767. The predicted octanol–water partition coefficient (Wildman–Crippen LogP) is 3.42. The summed E-state index contributed by atoms with van der Waals surface area (Å²) in [5.74, 6) is 1.07. The van der Waals surface area contributed by atoms with Crippen molar-refractivity contribution in [1.29, 1.82) is 0 Å². The van der Waals surface area contributed by atoms with Crippen LogP contribution in [0.4, 0.5) is 0 Å². The summed E-state index contributed by atoms with van der Waals surface area (Å²) in [7, 11) is 0. The first kappa shape index (κ1) is 16.6. The van der Waals surface area contributed by atoms with Gasteiger partial charge in [-0.25, -0.2) is 9.97 Å². The normalized spacial score (nSPS) is 17.4. The molecule has 6 nitrogen and oxygen atoms in total. The van der Waals surface area contributed by atoms with E-state index in [1.807, 2.05) is 40.1 Å². The van der Waals surface area contributed by atoms with Gasteiger partial charge in [0.15, 0.2) is 0 Å². The Kier molecular flexibility index (Phi) is 4.82. The van der Waals surface area contributed by atoms with Gasteiger partial charge < -0.3 is 14.5 Å².